The summed E-state index contributed by atoms with van der Waals surface area (Å²) in [5.74, 6) is -0.765. The summed E-state index contributed by atoms with van der Waals surface area (Å²) in [7, 11) is 0. The van der Waals surface area contributed by atoms with Gasteiger partial charge in [0.1, 0.15) is 4.75 Å². The van der Waals surface area contributed by atoms with E-state index in [1.54, 1.807) is 32.0 Å². The molecule has 0 spiro atoms. The van der Waals surface area contributed by atoms with E-state index in [0.29, 0.717) is 21.5 Å². The fraction of sp³-hybridized carbons (Fsp3) is 0.385. The third-order valence-corrected chi connectivity index (χ3v) is 4.47. The van der Waals surface area contributed by atoms with Gasteiger partial charge in [0.15, 0.2) is 0 Å². The lowest BCUT2D eigenvalue weighted by Crippen LogP contribution is -2.28. The van der Waals surface area contributed by atoms with Crippen molar-refractivity contribution in [2.24, 2.45) is 0 Å². The summed E-state index contributed by atoms with van der Waals surface area (Å²) >= 11 is 13.1. The van der Waals surface area contributed by atoms with E-state index >= 15 is 0 Å². The minimum absolute atomic E-state index is 0.183. The Bertz CT molecular complexity index is 500. The van der Waals surface area contributed by atoms with Crippen molar-refractivity contribution < 1.29 is 14.7 Å². The van der Waals surface area contributed by atoms with Crippen molar-refractivity contribution in [3.8, 4) is 0 Å². The van der Waals surface area contributed by atoms with Crippen LogP contribution in [0.1, 0.15) is 20.3 Å². The third kappa shape index (κ3) is 4.89. The van der Waals surface area contributed by atoms with Crippen molar-refractivity contribution >= 4 is 52.5 Å². The minimum Gasteiger partial charge on any atom is -0.480 e. The lowest BCUT2D eigenvalue weighted by molar-refractivity contribution is -0.138. The van der Waals surface area contributed by atoms with E-state index in [-0.39, 0.29) is 12.3 Å². The maximum absolute atomic E-state index is 11.8. The molecule has 1 aromatic carbocycles. The van der Waals surface area contributed by atoms with Gasteiger partial charge in [-0.15, -0.1) is 11.8 Å². The molecule has 0 aromatic heterocycles. The smallest absolute Gasteiger partial charge is 0.319 e. The first-order valence-corrected chi connectivity index (χ1v) is 7.59. The van der Waals surface area contributed by atoms with E-state index in [9.17, 15) is 9.59 Å². The average Bonchev–Trinajstić information content (AvgIpc) is 2.33. The number of hydrogen-bond acceptors (Lipinski definition) is 3. The van der Waals surface area contributed by atoms with Crippen molar-refractivity contribution in [1.82, 2.24) is 0 Å². The van der Waals surface area contributed by atoms with Gasteiger partial charge in [-0.2, -0.15) is 0 Å². The van der Waals surface area contributed by atoms with Gasteiger partial charge in [-0.25, -0.2) is 0 Å². The third-order valence-electron chi connectivity index (χ3n) is 2.53. The number of thioether (sulfide) groups is 1. The molecular weight excluding hydrogens is 321 g/mol. The number of aliphatic carboxylic acids is 1. The van der Waals surface area contributed by atoms with Crippen LogP contribution in [0.4, 0.5) is 5.69 Å². The second-order valence-electron chi connectivity index (χ2n) is 4.56. The van der Waals surface area contributed by atoms with Crippen LogP contribution in [-0.2, 0) is 9.59 Å². The van der Waals surface area contributed by atoms with Crippen molar-refractivity contribution in [1.29, 1.82) is 0 Å². The highest BCUT2D eigenvalue weighted by Crippen LogP contribution is 2.30. The molecule has 4 nitrogen and oxygen atoms in total. The number of carboxylic acids is 1. The molecule has 1 aromatic rings. The van der Waals surface area contributed by atoms with Crippen LogP contribution in [0.5, 0.6) is 0 Å². The predicted molar refractivity (Wildman–Crippen MR) is 83.9 cm³/mol. The van der Waals surface area contributed by atoms with Crippen LogP contribution in [-0.4, -0.2) is 27.5 Å². The topological polar surface area (TPSA) is 66.4 Å². The molecule has 0 fully saturated rings. The van der Waals surface area contributed by atoms with E-state index in [4.69, 9.17) is 28.3 Å². The fourth-order valence-electron chi connectivity index (χ4n) is 1.28. The van der Waals surface area contributed by atoms with Gasteiger partial charge < -0.3 is 10.4 Å². The summed E-state index contributed by atoms with van der Waals surface area (Å²) in [5.41, 5.74) is 0.378. The Morgan fingerprint density at radius 2 is 1.85 bits per heavy atom. The Hall–Kier alpha value is -0.910. The van der Waals surface area contributed by atoms with Crippen LogP contribution < -0.4 is 5.32 Å². The van der Waals surface area contributed by atoms with Gasteiger partial charge in [-0.1, -0.05) is 29.3 Å². The Morgan fingerprint density at radius 3 is 2.35 bits per heavy atom. The van der Waals surface area contributed by atoms with Crippen LogP contribution in [0.2, 0.25) is 10.0 Å². The van der Waals surface area contributed by atoms with E-state index in [1.807, 2.05) is 0 Å². The first-order chi connectivity index (χ1) is 9.24. The molecule has 0 atom stereocenters. The molecule has 0 radical (unpaired) electrons. The molecule has 2 N–H and O–H groups in total. The molecule has 7 heteroatoms. The van der Waals surface area contributed by atoms with Crippen molar-refractivity contribution in [2.45, 2.75) is 25.0 Å². The first kappa shape index (κ1) is 17.1. The van der Waals surface area contributed by atoms with Gasteiger partial charge >= 0.3 is 5.97 Å². The summed E-state index contributed by atoms with van der Waals surface area (Å²) in [4.78, 5) is 22.7. The number of halogens is 2. The molecule has 0 saturated carbocycles. The summed E-state index contributed by atoms with van der Waals surface area (Å²) < 4.78 is -0.914. The molecule has 110 valence electrons. The first-order valence-electron chi connectivity index (χ1n) is 5.85. The Kier molecular flexibility index (Phi) is 6.17. The van der Waals surface area contributed by atoms with E-state index < -0.39 is 10.7 Å². The zero-order valence-corrected chi connectivity index (χ0v) is 13.4. The van der Waals surface area contributed by atoms with Crippen molar-refractivity contribution in [2.75, 3.05) is 11.1 Å². The molecular formula is C13H15Cl2NO3S. The van der Waals surface area contributed by atoms with Gasteiger partial charge in [0.2, 0.25) is 5.91 Å². The molecule has 0 unspecified atom stereocenters. The number of rotatable bonds is 6. The molecule has 1 rings (SSSR count). The summed E-state index contributed by atoms with van der Waals surface area (Å²) in [5, 5.41) is 12.3. The maximum Gasteiger partial charge on any atom is 0.319 e. The van der Waals surface area contributed by atoms with E-state index in [0.717, 1.165) is 0 Å². The van der Waals surface area contributed by atoms with E-state index in [2.05, 4.69) is 5.32 Å². The summed E-state index contributed by atoms with van der Waals surface area (Å²) in [6, 6.07) is 4.95. The zero-order chi connectivity index (χ0) is 15.3. The van der Waals surface area contributed by atoms with Crippen LogP contribution in [0, 0.1) is 0 Å². The molecule has 0 aliphatic carbocycles. The standard InChI is InChI=1S/C13H15Cl2NO3S/c1-13(2,12(18)19)20-7-6-10(17)16-11-8(14)4-3-5-9(11)15/h3-5H,6-7H2,1-2H3,(H,16,17)(H,18,19). The molecule has 0 heterocycles. The fourth-order valence-corrected chi connectivity index (χ4v) is 2.69. The Balaban J connectivity index is 2.51. The quantitative estimate of drug-likeness (QED) is 0.826. The number of nitrogens with one attached hydrogen (secondary N) is 1. The predicted octanol–water partition coefficient (Wildman–Crippen LogP) is 3.92. The second kappa shape index (κ2) is 7.20. The molecule has 0 aliphatic rings. The number of carboxylic acid groups (broad SMARTS) is 1. The lowest BCUT2D eigenvalue weighted by Gasteiger charge is -2.18. The molecule has 20 heavy (non-hydrogen) atoms. The van der Waals surface area contributed by atoms with Crippen molar-refractivity contribution in [3.63, 3.8) is 0 Å². The number of carbonyl (C=O) groups is 2. The van der Waals surface area contributed by atoms with Gasteiger partial charge in [-0.05, 0) is 26.0 Å². The minimum atomic E-state index is -0.914. The lowest BCUT2D eigenvalue weighted by atomic mass is 10.2. The van der Waals surface area contributed by atoms with Crippen molar-refractivity contribution in [3.05, 3.63) is 28.2 Å². The zero-order valence-electron chi connectivity index (χ0n) is 11.1. The van der Waals surface area contributed by atoms with Crippen LogP contribution in [0.25, 0.3) is 0 Å². The molecule has 0 aliphatic heterocycles. The Labute approximate surface area is 131 Å². The van der Waals surface area contributed by atoms with Crippen LogP contribution in [0.3, 0.4) is 0 Å². The summed E-state index contributed by atoms with van der Waals surface area (Å²) in [6.07, 6.45) is 0.183. The van der Waals surface area contributed by atoms with Gasteiger partial charge in [0.25, 0.3) is 0 Å². The second-order valence-corrected chi connectivity index (χ2v) is 7.09. The van der Waals surface area contributed by atoms with Crippen LogP contribution in [0.15, 0.2) is 18.2 Å². The molecule has 0 saturated heterocycles. The Morgan fingerprint density at radius 1 is 1.30 bits per heavy atom. The van der Waals surface area contributed by atoms with Crippen LogP contribution >= 0.6 is 35.0 Å². The highest BCUT2D eigenvalue weighted by Gasteiger charge is 2.27. The maximum atomic E-state index is 11.8. The molecule has 1 amide bonds. The van der Waals surface area contributed by atoms with Gasteiger partial charge in [0, 0.05) is 12.2 Å². The monoisotopic (exact) mass is 335 g/mol. The number of anilines is 1. The largest absolute Gasteiger partial charge is 0.480 e. The van der Waals surface area contributed by atoms with E-state index in [1.165, 1.54) is 11.8 Å². The normalized spacial score (nSPS) is 11.2. The SMILES string of the molecule is CC(C)(SCCC(=O)Nc1c(Cl)cccc1Cl)C(=O)O. The molecule has 0 bridgehead atoms. The average molecular weight is 336 g/mol. The number of hydrogen-bond donors (Lipinski definition) is 2. The highest BCUT2D eigenvalue weighted by molar-refractivity contribution is 8.01. The number of para-hydroxylation sites is 1. The number of benzene rings is 1. The summed E-state index contributed by atoms with van der Waals surface area (Å²) in [6.45, 7) is 3.20. The highest BCUT2D eigenvalue weighted by atomic mass is 35.5. The van der Waals surface area contributed by atoms with Gasteiger partial charge in [0.05, 0.1) is 15.7 Å². The number of amides is 1. The van der Waals surface area contributed by atoms with Gasteiger partial charge in [-0.3, -0.25) is 9.59 Å². The number of carbonyl (C=O) groups excluding carboxylic acids is 1.